The van der Waals surface area contributed by atoms with Gasteiger partial charge in [-0.1, -0.05) is 0 Å². The van der Waals surface area contributed by atoms with E-state index >= 15 is 0 Å². The lowest BCUT2D eigenvalue weighted by Crippen LogP contribution is -2.36. The Morgan fingerprint density at radius 1 is 0.929 bits per heavy atom. The Labute approximate surface area is 163 Å². The highest BCUT2D eigenvalue weighted by Crippen LogP contribution is 2.39. The molecule has 0 atom stereocenters. The summed E-state index contributed by atoms with van der Waals surface area (Å²) in [5.74, 6) is 1.06. The van der Waals surface area contributed by atoms with Gasteiger partial charge in [-0.05, 0) is 37.3 Å². The Hall–Kier alpha value is -3.03. The topological polar surface area (TPSA) is 64.1 Å². The summed E-state index contributed by atoms with van der Waals surface area (Å²) in [4.78, 5) is 4.32. The van der Waals surface area contributed by atoms with E-state index in [4.69, 9.17) is 14.2 Å². The standard InChI is InChI=1S/C20H25F2N3O3/c1-5-23-20(25-12-14-10-15(21)7-8-16(14)22)24-11-13-6-9-17(26-2)19(28-4)18(13)27-3/h6-10H,5,11-12H2,1-4H3,(H2,23,24,25). The van der Waals surface area contributed by atoms with E-state index in [0.29, 0.717) is 36.3 Å². The van der Waals surface area contributed by atoms with Gasteiger partial charge >= 0.3 is 0 Å². The summed E-state index contributed by atoms with van der Waals surface area (Å²) in [7, 11) is 4.64. The molecule has 152 valence electrons. The van der Waals surface area contributed by atoms with Crippen molar-refractivity contribution in [1.82, 2.24) is 10.6 Å². The molecule has 0 spiro atoms. The van der Waals surface area contributed by atoms with Crippen LogP contribution >= 0.6 is 0 Å². The molecule has 0 amide bonds. The predicted molar refractivity (Wildman–Crippen MR) is 104 cm³/mol. The van der Waals surface area contributed by atoms with E-state index in [-0.39, 0.29) is 12.1 Å². The zero-order valence-electron chi connectivity index (χ0n) is 16.4. The second-order valence-corrected chi connectivity index (χ2v) is 5.78. The van der Waals surface area contributed by atoms with Crippen molar-refractivity contribution in [3.05, 3.63) is 53.1 Å². The molecule has 0 aliphatic carbocycles. The number of guanidine groups is 1. The molecule has 2 rings (SSSR count). The van der Waals surface area contributed by atoms with Crippen LogP contribution in [0.15, 0.2) is 35.3 Å². The number of hydrogen-bond donors (Lipinski definition) is 2. The number of nitrogens with zero attached hydrogens (tertiary/aromatic N) is 1. The van der Waals surface area contributed by atoms with Gasteiger partial charge in [0.25, 0.3) is 0 Å². The number of rotatable bonds is 8. The van der Waals surface area contributed by atoms with Gasteiger partial charge in [0, 0.05) is 24.2 Å². The van der Waals surface area contributed by atoms with Crippen molar-refractivity contribution in [3.8, 4) is 17.2 Å². The van der Waals surface area contributed by atoms with Gasteiger partial charge in [-0.15, -0.1) is 0 Å². The molecule has 28 heavy (non-hydrogen) atoms. The van der Waals surface area contributed by atoms with Gasteiger partial charge in [0.2, 0.25) is 5.75 Å². The van der Waals surface area contributed by atoms with E-state index in [1.807, 2.05) is 13.0 Å². The Balaban J connectivity index is 2.18. The van der Waals surface area contributed by atoms with Crippen LogP contribution < -0.4 is 24.8 Å². The molecule has 0 unspecified atom stereocenters. The maximum atomic E-state index is 13.8. The van der Waals surface area contributed by atoms with Crippen LogP contribution in [-0.2, 0) is 13.1 Å². The first-order chi connectivity index (χ1) is 13.5. The zero-order chi connectivity index (χ0) is 20.5. The number of aliphatic imine (C=N–C) groups is 1. The molecular formula is C20H25F2N3O3. The number of hydrogen-bond acceptors (Lipinski definition) is 4. The second kappa shape index (κ2) is 10.3. The summed E-state index contributed by atoms with van der Waals surface area (Å²) in [6, 6.07) is 6.94. The number of nitrogens with one attached hydrogen (secondary N) is 2. The first kappa shape index (κ1) is 21.3. The fourth-order valence-corrected chi connectivity index (χ4v) is 2.65. The van der Waals surface area contributed by atoms with Crippen molar-refractivity contribution in [2.45, 2.75) is 20.0 Å². The molecule has 2 aromatic carbocycles. The fraction of sp³-hybridized carbons (Fsp3) is 0.350. The van der Waals surface area contributed by atoms with E-state index in [1.54, 1.807) is 20.3 Å². The van der Waals surface area contributed by atoms with Crippen LogP contribution in [0.1, 0.15) is 18.1 Å². The van der Waals surface area contributed by atoms with Gasteiger partial charge < -0.3 is 24.8 Å². The van der Waals surface area contributed by atoms with Crippen molar-refractivity contribution in [1.29, 1.82) is 0 Å². The van der Waals surface area contributed by atoms with Crippen molar-refractivity contribution in [2.75, 3.05) is 27.9 Å². The lowest BCUT2D eigenvalue weighted by molar-refractivity contribution is 0.322. The molecule has 2 N–H and O–H groups in total. The van der Waals surface area contributed by atoms with Crippen molar-refractivity contribution in [3.63, 3.8) is 0 Å². The van der Waals surface area contributed by atoms with Crippen LogP contribution in [0.25, 0.3) is 0 Å². The van der Waals surface area contributed by atoms with Crippen molar-refractivity contribution >= 4 is 5.96 Å². The van der Waals surface area contributed by atoms with E-state index in [1.165, 1.54) is 7.11 Å². The molecule has 8 heteroatoms. The summed E-state index contributed by atoms with van der Waals surface area (Å²) in [5, 5.41) is 6.22. The van der Waals surface area contributed by atoms with Crippen LogP contribution in [0.3, 0.4) is 0 Å². The summed E-state index contributed by atoms with van der Waals surface area (Å²) in [5.41, 5.74) is 1.00. The van der Waals surface area contributed by atoms with Crippen molar-refractivity contribution in [2.24, 2.45) is 4.99 Å². The van der Waals surface area contributed by atoms with Gasteiger partial charge in [-0.3, -0.25) is 0 Å². The van der Waals surface area contributed by atoms with Gasteiger partial charge in [0.15, 0.2) is 17.5 Å². The first-order valence-corrected chi connectivity index (χ1v) is 8.77. The average molecular weight is 393 g/mol. The minimum absolute atomic E-state index is 0.00198. The number of halogens is 2. The summed E-state index contributed by atoms with van der Waals surface area (Å²) >= 11 is 0. The lowest BCUT2D eigenvalue weighted by Gasteiger charge is -2.17. The lowest BCUT2D eigenvalue weighted by atomic mass is 10.1. The quantitative estimate of drug-likeness (QED) is 0.533. The van der Waals surface area contributed by atoms with E-state index < -0.39 is 11.6 Å². The second-order valence-electron chi connectivity index (χ2n) is 5.78. The highest BCUT2D eigenvalue weighted by molar-refractivity contribution is 5.79. The summed E-state index contributed by atoms with van der Waals surface area (Å²) in [6.45, 7) is 2.90. The number of benzene rings is 2. The normalized spacial score (nSPS) is 11.1. The van der Waals surface area contributed by atoms with E-state index in [0.717, 1.165) is 23.8 Å². The maximum Gasteiger partial charge on any atom is 0.203 e. The summed E-state index contributed by atoms with van der Waals surface area (Å²) in [6.07, 6.45) is 0. The van der Waals surface area contributed by atoms with Crippen LogP contribution in [0.2, 0.25) is 0 Å². The van der Waals surface area contributed by atoms with Crippen LogP contribution in [0.4, 0.5) is 8.78 Å². The highest BCUT2D eigenvalue weighted by atomic mass is 19.1. The monoisotopic (exact) mass is 393 g/mol. The molecule has 0 radical (unpaired) electrons. The number of methoxy groups -OCH3 is 3. The van der Waals surface area contributed by atoms with E-state index in [2.05, 4.69) is 15.6 Å². The van der Waals surface area contributed by atoms with Gasteiger partial charge in [0.05, 0.1) is 27.9 Å². The molecule has 0 saturated carbocycles. The third-order valence-electron chi connectivity index (χ3n) is 3.99. The molecule has 0 bridgehead atoms. The molecular weight excluding hydrogens is 368 g/mol. The number of ether oxygens (including phenoxy) is 3. The molecule has 6 nitrogen and oxygen atoms in total. The smallest absolute Gasteiger partial charge is 0.203 e. The SMILES string of the molecule is CCNC(=NCc1cc(F)ccc1F)NCc1ccc(OC)c(OC)c1OC. The summed E-state index contributed by atoms with van der Waals surface area (Å²) < 4.78 is 43.2. The molecule has 0 aliphatic rings. The first-order valence-electron chi connectivity index (χ1n) is 8.77. The van der Waals surface area contributed by atoms with Crippen molar-refractivity contribution < 1.29 is 23.0 Å². The minimum atomic E-state index is -0.500. The van der Waals surface area contributed by atoms with Crippen LogP contribution in [0.5, 0.6) is 17.2 Å². The Morgan fingerprint density at radius 3 is 2.32 bits per heavy atom. The van der Waals surface area contributed by atoms with Gasteiger partial charge in [-0.25, -0.2) is 13.8 Å². The molecule has 0 aliphatic heterocycles. The minimum Gasteiger partial charge on any atom is -0.493 e. The maximum absolute atomic E-state index is 13.8. The van der Waals surface area contributed by atoms with Crippen LogP contribution in [-0.4, -0.2) is 33.8 Å². The Kier molecular flexibility index (Phi) is 7.86. The average Bonchev–Trinajstić information content (AvgIpc) is 2.71. The Morgan fingerprint density at radius 2 is 1.68 bits per heavy atom. The third kappa shape index (κ3) is 5.25. The largest absolute Gasteiger partial charge is 0.493 e. The molecule has 0 heterocycles. The molecule has 0 fully saturated rings. The van der Waals surface area contributed by atoms with Crippen LogP contribution in [0, 0.1) is 11.6 Å². The predicted octanol–water partition coefficient (Wildman–Crippen LogP) is 3.25. The van der Waals surface area contributed by atoms with Gasteiger partial charge in [-0.2, -0.15) is 0 Å². The molecule has 0 saturated heterocycles. The van der Waals surface area contributed by atoms with E-state index in [9.17, 15) is 8.78 Å². The fourth-order valence-electron chi connectivity index (χ4n) is 2.65. The highest BCUT2D eigenvalue weighted by Gasteiger charge is 2.16. The zero-order valence-corrected chi connectivity index (χ0v) is 16.4. The Bertz CT molecular complexity index is 829. The third-order valence-corrected chi connectivity index (χ3v) is 3.99. The molecule has 0 aromatic heterocycles. The molecule has 2 aromatic rings. The van der Waals surface area contributed by atoms with Gasteiger partial charge in [0.1, 0.15) is 11.6 Å².